The van der Waals surface area contributed by atoms with Crippen molar-refractivity contribution in [1.29, 1.82) is 0 Å². The first-order valence-electron chi connectivity index (χ1n) is 11.3. The van der Waals surface area contributed by atoms with E-state index in [2.05, 4.69) is 24.1 Å². The number of hydrogen-bond donors (Lipinski definition) is 1. The number of nitrogens with one attached hydrogen (secondary N) is 1. The number of hydrogen-bond acceptors (Lipinski definition) is 5. The molecule has 1 aromatic carbocycles. The Kier molecular flexibility index (Phi) is 8.32. The molecule has 0 radical (unpaired) electrons. The van der Waals surface area contributed by atoms with E-state index < -0.39 is 0 Å². The van der Waals surface area contributed by atoms with Gasteiger partial charge in [0, 0.05) is 31.1 Å². The molecular formula is C25H35N3O3S. The monoisotopic (exact) mass is 457 g/mol. The van der Waals surface area contributed by atoms with Crippen LogP contribution in [0.5, 0.6) is 5.75 Å². The third kappa shape index (κ3) is 6.81. The van der Waals surface area contributed by atoms with E-state index in [-0.39, 0.29) is 23.8 Å². The fourth-order valence-electron chi connectivity index (χ4n) is 4.07. The highest BCUT2D eigenvalue weighted by molar-refractivity contribution is 7.17. The molecule has 174 valence electrons. The normalized spacial score (nSPS) is 14.5. The molecule has 7 heteroatoms. The maximum absolute atomic E-state index is 13.1. The van der Waals surface area contributed by atoms with Crippen molar-refractivity contribution in [2.75, 3.05) is 46.9 Å². The molecule has 1 fully saturated rings. The van der Waals surface area contributed by atoms with E-state index in [0.29, 0.717) is 17.2 Å². The molecule has 2 amide bonds. The summed E-state index contributed by atoms with van der Waals surface area (Å²) in [5.74, 6) is 0.294. The topological polar surface area (TPSA) is 61.9 Å². The number of ether oxygens (including phenoxy) is 1. The standard InChI is InChI=1S/C25H35N3O3S/c1-25(2,18-27(3)4)17-26-24(30)23-20(15-21(32-23)19-11-7-5-8-12-19)31-16-22(29)28-13-9-6-10-14-28/h5,7-8,11-12,15H,6,9-10,13-14,16-18H2,1-4H3,(H,26,30). The number of likely N-dealkylation sites (tertiary alicyclic amines) is 1. The van der Waals surface area contributed by atoms with Gasteiger partial charge in [0.2, 0.25) is 0 Å². The summed E-state index contributed by atoms with van der Waals surface area (Å²) in [6.07, 6.45) is 3.25. The maximum atomic E-state index is 13.1. The minimum atomic E-state index is -0.163. The van der Waals surface area contributed by atoms with Gasteiger partial charge in [-0.2, -0.15) is 0 Å². The molecule has 1 aliphatic heterocycles. The van der Waals surface area contributed by atoms with Crippen LogP contribution in [0.2, 0.25) is 0 Å². The van der Waals surface area contributed by atoms with Crippen LogP contribution in [-0.4, -0.2) is 68.5 Å². The summed E-state index contributed by atoms with van der Waals surface area (Å²) in [6, 6.07) is 11.8. The van der Waals surface area contributed by atoms with Crippen molar-refractivity contribution in [1.82, 2.24) is 15.1 Å². The van der Waals surface area contributed by atoms with E-state index in [1.54, 1.807) is 0 Å². The Balaban J connectivity index is 1.74. The number of amides is 2. The first-order chi connectivity index (χ1) is 15.2. The summed E-state index contributed by atoms with van der Waals surface area (Å²) in [5.41, 5.74) is 0.959. The minimum absolute atomic E-state index is 0.0179. The highest BCUT2D eigenvalue weighted by Crippen LogP contribution is 2.36. The largest absolute Gasteiger partial charge is 0.482 e. The summed E-state index contributed by atoms with van der Waals surface area (Å²) < 4.78 is 5.92. The molecule has 1 aromatic heterocycles. The smallest absolute Gasteiger partial charge is 0.265 e. The van der Waals surface area contributed by atoms with Gasteiger partial charge < -0.3 is 19.9 Å². The van der Waals surface area contributed by atoms with Gasteiger partial charge in [-0.25, -0.2) is 0 Å². The highest BCUT2D eigenvalue weighted by atomic mass is 32.1. The van der Waals surface area contributed by atoms with Gasteiger partial charge in [0.15, 0.2) is 6.61 Å². The lowest BCUT2D eigenvalue weighted by atomic mass is 9.93. The van der Waals surface area contributed by atoms with Crippen LogP contribution >= 0.6 is 11.3 Å². The van der Waals surface area contributed by atoms with E-state index in [0.717, 1.165) is 42.9 Å². The van der Waals surface area contributed by atoms with Crippen molar-refractivity contribution in [3.05, 3.63) is 41.3 Å². The lowest BCUT2D eigenvalue weighted by Crippen LogP contribution is -2.40. The fraction of sp³-hybridized carbons (Fsp3) is 0.520. The van der Waals surface area contributed by atoms with Crippen LogP contribution in [-0.2, 0) is 4.79 Å². The summed E-state index contributed by atoms with van der Waals surface area (Å²) in [5, 5.41) is 3.07. The van der Waals surface area contributed by atoms with Crippen molar-refractivity contribution in [3.8, 4) is 16.2 Å². The molecule has 1 aliphatic rings. The minimum Gasteiger partial charge on any atom is -0.482 e. The third-order valence-corrected chi connectivity index (χ3v) is 6.66. The number of carbonyl (C=O) groups is 2. The van der Waals surface area contributed by atoms with Gasteiger partial charge >= 0.3 is 0 Å². The van der Waals surface area contributed by atoms with Crippen molar-refractivity contribution in [2.24, 2.45) is 5.41 Å². The molecule has 2 aromatic rings. The lowest BCUT2D eigenvalue weighted by Gasteiger charge is -2.28. The molecular weight excluding hydrogens is 422 g/mol. The Morgan fingerprint density at radius 3 is 2.47 bits per heavy atom. The molecule has 0 unspecified atom stereocenters. The maximum Gasteiger partial charge on any atom is 0.265 e. The molecule has 0 spiro atoms. The number of rotatable bonds is 9. The molecule has 0 atom stereocenters. The van der Waals surface area contributed by atoms with Gasteiger partial charge in [0.1, 0.15) is 10.6 Å². The van der Waals surface area contributed by atoms with E-state index in [9.17, 15) is 9.59 Å². The number of carbonyl (C=O) groups excluding carboxylic acids is 2. The van der Waals surface area contributed by atoms with Crippen LogP contribution in [0.3, 0.4) is 0 Å². The lowest BCUT2D eigenvalue weighted by molar-refractivity contribution is -0.134. The molecule has 3 rings (SSSR count). The molecule has 2 heterocycles. The second-order valence-corrected chi connectivity index (χ2v) is 10.5. The zero-order chi connectivity index (χ0) is 23.1. The predicted octanol–water partition coefficient (Wildman–Crippen LogP) is 4.12. The zero-order valence-electron chi connectivity index (χ0n) is 19.6. The van der Waals surface area contributed by atoms with Crippen LogP contribution in [0.25, 0.3) is 10.4 Å². The average Bonchev–Trinajstić information content (AvgIpc) is 3.20. The molecule has 0 saturated carbocycles. The van der Waals surface area contributed by atoms with Crippen molar-refractivity contribution in [2.45, 2.75) is 33.1 Å². The summed E-state index contributed by atoms with van der Waals surface area (Å²) in [6.45, 7) is 7.20. The van der Waals surface area contributed by atoms with E-state index in [1.807, 2.05) is 55.4 Å². The van der Waals surface area contributed by atoms with Crippen molar-refractivity contribution in [3.63, 3.8) is 0 Å². The van der Waals surface area contributed by atoms with Crippen LogP contribution in [0.4, 0.5) is 0 Å². The molecule has 1 saturated heterocycles. The SMILES string of the molecule is CN(C)CC(C)(C)CNC(=O)c1sc(-c2ccccc2)cc1OCC(=O)N1CCCCC1. The van der Waals surface area contributed by atoms with Crippen LogP contribution < -0.4 is 10.1 Å². The Hall–Kier alpha value is -2.38. The summed E-state index contributed by atoms with van der Waals surface area (Å²) in [7, 11) is 4.06. The molecule has 0 aliphatic carbocycles. The Morgan fingerprint density at radius 1 is 1.12 bits per heavy atom. The number of benzene rings is 1. The van der Waals surface area contributed by atoms with Crippen molar-refractivity contribution < 1.29 is 14.3 Å². The summed E-state index contributed by atoms with van der Waals surface area (Å²) >= 11 is 1.40. The Bertz CT molecular complexity index is 902. The first kappa shape index (κ1) is 24.3. The number of piperidine rings is 1. The van der Waals surface area contributed by atoms with Crippen LogP contribution in [0.15, 0.2) is 36.4 Å². The molecule has 1 N–H and O–H groups in total. The van der Waals surface area contributed by atoms with E-state index >= 15 is 0 Å². The van der Waals surface area contributed by atoms with Gasteiger partial charge in [-0.3, -0.25) is 9.59 Å². The van der Waals surface area contributed by atoms with Crippen molar-refractivity contribution >= 4 is 23.2 Å². The average molecular weight is 458 g/mol. The van der Waals surface area contributed by atoms with Gasteiger partial charge in [-0.15, -0.1) is 11.3 Å². The second kappa shape index (κ2) is 11.0. The molecule has 32 heavy (non-hydrogen) atoms. The van der Waals surface area contributed by atoms with Gasteiger partial charge in [-0.1, -0.05) is 44.2 Å². The predicted molar refractivity (Wildman–Crippen MR) is 130 cm³/mol. The van der Waals surface area contributed by atoms with Gasteiger partial charge in [0.25, 0.3) is 11.8 Å². The zero-order valence-corrected chi connectivity index (χ0v) is 20.5. The Labute approximate surface area is 195 Å². The fourth-order valence-corrected chi connectivity index (χ4v) is 5.09. The van der Waals surface area contributed by atoms with Gasteiger partial charge in [-0.05, 0) is 50.4 Å². The van der Waals surface area contributed by atoms with Crippen LogP contribution in [0, 0.1) is 5.41 Å². The van der Waals surface area contributed by atoms with E-state index in [1.165, 1.54) is 17.8 Å². The second-order valence-electron chi connectivity index (χ2n) is 9.48. The first-order valence-corrected chi connectivity index (χ1v) is 12.1. The molecule has 6 nitrogen and oxygen atoms in total. The third-order valence-electron chi connectivity index (χ3n) is 5.49. The van der Waals surface area contributed by atoms with E-state index in [4.69, 9.17) is 4.74 Å². The number of nitrogens with zero attached hydrogens (tertiary/aromatic N) is 2. The molecule has 0 bridgehead atoms. The Morgan fingerprint density at radius 2 is 1.81 bits per heavy atom. The van der Waals surface area contributed by atoms with Gasteiger partial charge in [0.05, 0.1) is 0 Å². The van der Waals surface area contributed by atoms with Crippen LogP contribution in [0.1, 0.15) is 42.8 Å². The quantitative estimate of drug-likeness (QED) is 0.615. The summed E-state index contributed by atoms with van der Waals surface area (Å²) in [4.78, 5) is 31.1. The highest BCUT2D eigenvalue weighted by Gasteiger charge is 2.24. The number of thiophene rings is 1.